The van der Waals surface area contributed by atoms with Gasteiger partial charge in [-0.2, -0.15) is 0 Å². The van der Waals surface area contributed by atoms with E-state index in [9.17, 15) is 0 Å². The molecule has 0 saturated heterocycles. The maximum absolute atomic E-state index is 2.38. The number of imidazole rings is 1. The Morgan fingerprint density at radius 3 is 2.06 bits per heavy atom. The summed E-state index contributed by atoms with van der Waals surface area (Å²) in [5.41, 5.74) is 0.650. The van der Waals surface area contributed by atoms with Crippen molar-refractivity contribution >= 4 is 0 Å². The first-order chi connectivity index (χ1) is 7.63. The lowest BCUT2D eigenvalue weighted by Crippen LogP contribution is -2.46. The van der Waals surface area contributed by atoms with Gasteiger partial charge in [0.25, 0.3) is 0 Å². The lowest BCUT2D eigenvalue weighted by Gasteiger charge is -2.33. The summed E-state index contributed by atoms with van der Waals surface area (Å²) in [6, 6.07) is 0.551. The van der Waals surface area contributed by atoms with Crippen molar-refractivity contribution in [2.24, 2.45) is 10.8 Å². The fraction of sp³-hybridized carbons (Fsp3) is 0.800. The maximum atomic E-state index is 2.38. The average Bonchev–Trinajstić information content (AvgIpc) is 2.59. The second-order valence-corrected chi connectivity index (χ2v) is 7.34. The van der Waals surface area contributed by atoms with Crippen molar-refractivity contribution in [1.29, 1.82) is 0 Å². The van der Waals surface area contributed by atoms with Crippen LogP contribution >= 0.6 is 0 Å². The molecule has 0 aliphatic rings. The number of hydrogen-bond donors (Lipinski definition) is 0. The van der Waals surface area contributed by atoms with Crippen LogP contribution in [0.4, 0.5) is 0 Å². The molecule has 17 heavy (non-hydrogen) atoms. The molecule has 1 unspecified atom stereocenters. The molecule has 0 aliphatic carbocycles. The van der Waals surface area contributed by atoms with E-state index in [-0.39, 0.29) is 5.41 Å². The zero-order chi connectivity index (χ0) is 13.3. The van der Waals surface area contributed by atoms with Gasteiger partial charge in [0.15, 0.2) is 0 Å². The number of rotatable bonds is 3. The van der Waals surface area contributed by atoms with E-state index in [2.05, 4.69) is 76.3 Å². The summed E-state index contributed by atoms with van der Waals surface area (Å²) >= 11 is 0. The molecule has 1 aromatic rings. The molecule has 0 amide bonds. The molecule has 2 heteroatoms. The lowest BCUT2D eigenvalue weighted by molar-refractivity contribution is -0.737. The van der Waals surface area contributed by atoms with Gasteiger partial charge >= 0.3 is 0 Å². The Morgan fingerprint density at radius 2 is 1.71 bits per heavy atom. The first-order valence-electron chi connectivity index (χ1n) is 6.70. The molecule has 1 heterocycles. The van der Waals surface area contributed by atoms with E-state index in [4.69, 9.17) is 0 Å². The van der Waals surface area contributed by atoms with E-state index in [0.717, 1.165) is 6.54 Å². The van der Waals surface area contributed by atoms with E-state index in [1.54, 1.807) is 0 Å². The summed E-state index contributed by atoms with van der Waals surface area (Å²) in [5.74, 6) is 0. The van der Waals surface area contributed by atoms with E-state index in [1.807, 2.05) is 0 Å². The van der Waals surface area contributed by atoms with Crippen molar-refractivity contribution in [3.8, 4) is 0 Å². The molecular formula is C15H29N2+. The van der Waals surface area contributed by atoms with Crippen molar-refractivity contribution < 1.29 is 4.57 Å². The van der Waals surface area contributed by atoms with E-state index in [1.165, 1.54) is 6.42 Å². The Labute approximate surface area is 107 Å². The van der Waals surface area contributed by atoms with Gasteiger partial charge in [0, 0.05) is 5.41 Å². The summed E-state index contributed by atoms with van der Waals surface area (Å²) in [4.78, 5) is 0. The van der Waals surface area contributed by atoms with Gasteiger partial charge < -0.3 is 0 Å². The summed E-state index contributed by atoms with van der Waals surface area (Å²) in [7, 11) is 0. The van der Waals surface area contributed by atoms with Gasteiger partial charge in [-0.15, -0.1) is 0 Å². The minimum atomic E-state index is 0.290. The molecule has 1 atom stereocenters. The number of nitrogens with zero attached hydrogens (tertiary/aromatic N) is 2. The van der Waals surface area contributed by atoms with Gasteiger partial charge in [-0.05, 0) is 18.8 Å². The van der Waals surface area contributed by atoms with Crippen molar-refractivity contribution in [1.82, 2.24) is 4.57 Å². The Kier molecular flexibility index (Phi) is 4.06. The Bertz CT molecular complexity index is 350. The second-order valence-electron chi connectivity index (χ2n) is 7.34. The molecule has 1 aromatic heterocycles. The molecule has 0 saturated carbocycles. The topological polar surface area (TPSA) is 8.81 Å². The van der Waals surface area contributed by atoms with Crippen LogP contribution < -0.4 is 4.57 Å². The van der Waals surface area contributed by atoms with Crippen LogP contribution in [0.15, 0.2) is 18.7 Å². The van der Waals surface area contributed by atoms with Gasteiger partial charge in [0.1, 0.15) is 18.4 Å². The molecule has 0 fully saturated rings. The van der Waals surface area contributed by atoms with Crippen molar-refractivity contribution in [2.45, 2.75) is 67.5 Å². The van der Waals surface area contributed by atoms with E-state index in [0.29, 0.717) is 11.5 Å². The van der Waals surface area contributed by atoms with Gasteiger partial charge in [-0.1, -0.05) is 41.5 Å². The summed E-state index contributed by atoms with van der Waals surface area (Å²) in [6.45, 7) is 17.2. The van der Waals surface area contributed by atoms with Crippen molar-refractivity contribution in [3.05, 3.63) is 18.7 Å². The maximum Gasteiger partial charge on any atom is 0.243 e. The van der Waals surface area contributed by atoms with Crippen LogP contribution in [0.1, 0.15) is 60.9 Å². The smallest absolute Gasteiger partial charge is 0.237 e. The summed E-state index contributed by atoms with van der Waals surface area (Å²) in [6.07, 6.45) is 7.82. The molecule has 0 aromatic carbocycles. The van der Waals surface area contributed by atoms with Crippen molar-refractivity contribution in [3.63, 3.8) is 0 Å². The highest BCUT2D eigenvalue weighted by Gasteiger charge is 2.33. The highest BCUT2D eigenvalue weighted by atomic mass is 15.1. The second kappa shape index (κ2) is 4.83. The van der Waals surface area contributed by atoms with Crippen LogP contribution in [0.2, 0.25) is 0 Å². The van der Waals surface area contributed by atoms with Crippen LogP contribution in [-0.2, 0) is 6.54 Å². The predicted molar refractivity (Wildman–Crippen MR) is 72.9 cm³/mol. The van der Waals surface area contributed by atoms with Gasteiger partial charge in [-0.25, -0.2) is 9.13 Å². The first-order valence-corrected chi connectivity index (χ1v) is 6.70. The normalized spacial score (nSPS) is 15.0. The highest BCUT2D eigenvalue weighted by molar-refractivity contribution is 4.77. The van der Waals surface area contributed by atoms with Gasteiger partial charge in [0.05, 0.1) is 6.54 Å². The Balaban J connectivity index is 2.98. The minimum absolute atomic E-state index is 0.290. The third-order valence-electron chi connectivity index (χ3n) is 3.24. The molecule has 1 rings (SSSR count). The third kappa shape index (κ3) is 4.18. The average molecular weight is 237 g/mol. The lowest BCUT2D eigenvalue weighted by atomic mass is 9.77. The molecule has 0 spiro atoms. The minimum Gasteiger partial charge on any atom is -0.237 e. The Hall–Kier alpha value is -0.790. The zero-order valence-electron chi connectivity index (χ0n) is 12.6. The zero-order valence-corrected chi connectivity index (χ0v) is 12.6. The SMILES string of the molecule is CCn1cc[n+](C(CC(C)(C)C)C(C)(C)C)c1. The molecule has 0 radical (unpaired) electrons. The molecule has 0 bridgehead atoms. The van der Waals surface area contributed by atoms with Gasteiger partial charge in [-0.3, -0.25) is 0 Å². The predicted octanol–water partition coefficient (Wildman–Crippen LogP) is 3.82. The van der Waals surface area contributed by atoms with Crippen LogP contribution in [0.5, 0.6) is 0 Å². The first kappa shape index (κ1) is 14.3. The van der Waals surface area contributed by atoms with Crippen LogP contribution in [0.25, 0.3) is 0 Å². The Morgan fingerprint density at radius 1 is 1.12 bits per heavy atom. The van der Waals surface area contributed by atoms with Crippen LogP contribution in [-0.4, -0.2) is 4.57 Å². The monoisotopic (exact) mass is 237 g/mol. The summed E-state index contributed by atoms with van der Waals surface area (Å²) < 4.78 is 4.62. The van der Waals surface area contributed by atoms with Crippen LogP contribution in [0.3, 0.4) is 0 Å². The quantitative estimate of drug-likeness (QED) is 0.707. The standard InChI is InChI=1S/C15H29N2/c1-8-16-9-10-17(12-16)13(15(5,6)7)11-14(2,3)4/h9-10,12-13H,8,11H2,1-7H3/q+1. The fourth-order valence-electron chi connectivity index (χ4n) is 2.22. The molecule has 98 valence electrons. The third-order valence-corrected chi connectivity index (χ3v) is 3.24. The largest absolute Gasteiger partial charge is 0.243 e. The molecule has 0 N–H and O–H groups in total. The summed E-state index contributed by atoms with van der Waals surface area (Å²) in [5, 5.41) is 0. The number of aromatic nitrogens is 2. The molecular weight excluding hydrogens is 208 g/mol. The van der Waals surface area contributed by atoms with E-state index >= 15 is 0 Å². The molecule has 0 aliphatic heterocycles. The molecule has 2 nitrogen and oxygen atoms in total. The van der Waals surface area contributed by atoms with Crippen molar-refractivity contribution in [2.75, 3.05) is 0 Å². The number of aryl methyl sites for hydroxylation is 1. The highest BCUT2D eigenvalue weighted by Crippen LogP contribution is 2.36. The van der Waals surface area contributed by atoms with Crippen LogP contribution in [0, 0.1) is 10.8 Å². The fourth-order valence-corrected chi connectivity index (χ4v) is 2.22. The van der Waals surface area contributed by atoms with E-state index < -0.39 is 0 Å². The number of hydrogen-bond acceptors (Lipinski definition) is 0. The van der Waals surface area contributed by atoms with Gasteiger partial charge in [0.2, 0.25) is 6.33 Å².